The van der Waals surface area contributed by atoms with Crippen molar-refractivity contribution in [1.29, 1.82) is 0 Å². The number of para-hydroxylation sites is 1. The first-order valence-corrected chi connectivity index (χ1v) is 9.54. The summed E-state index contributed by atoms with van der Waals surface area (Å²) in [5, 5.41) is 6.22. The molecule has 27 heavy (non-hydrogen) atoms. The van der Waals surface area contributed by atoms with Crippen LogP contribution in [0.4, 0.5) is 5.69 Å². The first-order chi connectivity index (χ1) is 13.2. The second kappa shape index (κ2) is 9.33. The maximum atomic E-state index is 12.6. The molecule has 1 aliphatic heterocycles. The Morgan fingerprint density at radius 3 is 2.67 bits per heavy atom. The van der Waals surface area contributed by atoms with Crippen molar-refractivity contribution in [2.45, 2.75) is 39.2 Å². The summed E-state index contributed by atoms with van der Waals surface area (Å²) in [6, 6.07) is 15.6. The highest BCUT2D eigenvalue weighted by molar-refractivity contribution is 6.10. The average Bonchev–Trinajstić information content (AvgIpc) is 3.20. The predicted molar refractivity (Wildman–Crippen MR) is 109 cm³/mol. The number of ether oxygens (including phenoxy) is 1. The van der Waals surface area contributed by atoms with Crippen molar-refractivity contribution in [1.82, 2.24) is 5.32 Å². The summed E-state index contributed by atoms with van der Waals surface area (Å²) in [4.78, 5) is 17.3. The number of benzene rings is 2. The molecule has 1 unspecified atom stereocenters. The predicted octanol–water partition coefficient (Wildman–Crippen LogP) is 3.93. The summed E-state index contributed by atoms with van der Waals surface area (Å²) in [5.41, 5.74) is 3.85. The highest BCUT2D eigenvalue weighted by atomic mass is 16.5. The monoisotopic (exact) mass is 365 g/mol. The second-order valence-corrected chi connectivity index (χ2v) is 6.78. The van der Waals surface area contributed by atoms with Crippen molar-refractivity contribution in [3.05, 3.63) is 65.2 Å². The summed E-state index contributed by atoms with van der Waals surface area (Å²) in [6.45, 7) is 5.43. The summed E-state index contributed by atoms with van der Waals surface area (Å²) >= 11 is 0. The number of nitrogens with zero attached hydrogens (tertiary/aromatic N) is 1. The maximum absolute atomic E-state index is 12.6. The number of nitrogens with one attached hydrogen (secondary N) is 2. The molecule has 1 amide bonds. The third-order valence-electron chi connectivity index (χ3n) is 4.67. The maximum Gasteiger partial charge on any atom is 0.257 e. The smallest absolute Gasteiger partial charge is 0.257 e. The number of aliphatic imine (C=N–C) groups is 1. The Kier molecular flexibility index (Phi) is 6.60. The van der Waals surface area contributed by atoms with E-state index in [0.717, 1.165) is 37.1 Å². The molecule has 2 N–H and O–H groups in total. The van der Waals surface area contributed by atoms with Gasteiger partial charge in [0, 0.05) is 17.9 Å². The van der Waals surface area contributed by atoms with E-state index in [0.29, 0.717) is 18.1 Å². The van der Waals surface area contributed by atoms with Gasteiger partial charge in [-0.1, -0.05) is 42.8 Å². The van der Waals surface area contributed by atoms with Gasteiger partial charge < -0.3 is 10.1 Å². The normalized spacial score (nSPS) is 17.0. The molecular formula is C22H27N3O2. The Labute approximate surface area is 160 Å². The molecule has 1 aliphatic rings. The highest BCUT2D eigenvalue weighted by Crippen LogP contribution is 2.16. The molecule has 0 saturated carbocycles. The Hall–Kier alpha value is -2.66. The zero-order valence-electron chi connectivity index (χ0n) is 16.0. The molecule has 1 heterocycles. The van der Waals surface area contributed by atoms with Crippen LogP contribution in [0.15, 0.2) is 53.5 Å². The van der Waals surface area contributed by atoms with Gasteiger partial charge in [-0.25, -0.2) is 4.99 Å². The van der Waals surface area contributed by atoms with E-state index >= 15 is 0 Å². The molecule has 5 nitrogen and oxygen atoms in total. The van der Waals surface area contributed by atoms with E-state index < -0.39 is 0 Å². The lowest BCUT2D eigenvalue weighted by Gasteiger charge is -2.15. The molecular weight excluding hydrogens is 338 g/mol. The van der Waals surface area contributed by atoms with Crippen molar-refractivity contribution in [3.63, 3.8) is 0 Å². The zero-order valence-corrected chi connectivity index (χ0v) is 16.0. The van der Waals surface area contributed by atoms with E-state index in [-0.39, 0.29) is 12.0 Å². The first kappa shape index (κ1) is 19.1. The van der Waals surface area contributed by atoms with Gasteiger partial charge in [0.2, 0.25) is 5.96 Å². The second-order valence-electron chi connectivity index (χ2n) is 6.78. The van der Waals surface area contributed by atoms with E-state index in [1.165, 1.54) is 5.56 Å². The number of hydrogen-bond donors (Lipinski definition) is 2. The number of rotatable bonds is 5. The molecule has 0 bridgehead atoms. The molecule has 2 aromatic carbocycles. The van der Waals surface area contributed by atoms with E-state index in [1.807, 2.05) is 49.4 Å². The van der Waals surface area contributed by atoms with Crippen LogP contribution < -0.4 is 10.6 Å². The molecule has 1 atom stereocenters. The standard InChI is InChI=1S/C22H27N3O2/c1-3-17-7-4-5-9-20(17)24-22(23-15-19-8-6-14-27-19)25-21(26)18-12-10-16(2)11-13-18/h4-5,7,9-13,19H,3,6,8,14-15H2,1-2H3,(H2,23,24,25,26). The Morgan fingerprint density at radius 1 is 1.19 bits per heavy atom. The van der Waals surface area contributed by atoms with Gasteiger partial charge in [-0.15, -0.1) is 0 Å². The molecule has 0 aromatic heterocycles. The van der Waals surface area contributed by atoms with E-state index in [1.54, 1.807) is 0 Å². The van der Waals surface area contributed by atoms with Crippen LogP contribution in [0.3, 0.4) is 0 Å². The number of carbonyl (C=O) groups is 1. The minimum Gasteiger partial charge on any atom is -0.376 e. The van der Waals surface area contributed by atoms with Crippen LogP contribution in [-0.2, 0) is 11.2 Å². The van der Waals surface area contributed by atoms with Gasteiger partial charge in [0.25, 0.3) is 5.91 Å². The SMILES string of the molecule is CCc1ccccc1NC(=NCC1CCCO1)NC(=O)c1ccc(C)cc1. The molecule has 142 valence electrons. The van der Waals surface area contributed by atoms with E-state index in [2.05, 4.69) is 28.6 Å². The molecule has 2 aromatic rings. The molecule has 3 rings (SSSR count). The fraction of sp³-hybridized carbons (Fsp3) is 0.364. The Morgan fingerprint density at radius 2 is 1.96 bits per heavy atom. The quantitative estimate of drug-likeness (QED) is 0.623. The van der Waals surface area contributed by atoms with Crippen molar-refractivity contribution in [2.24, 2.45) is 4.99 Å². The molecule has 1 saturated heterocycles. The Balaban J connectivity index is 1.77. The lowest BCUT2D eigenvalue weighted by molar-refractivity contribution is 0.0975. The number of hydrogen-bond acceptors (Lipinski definition) is 3. The Bertz CT molecular complexity index is 793. The number of guanidine groups is 1. The third kappa shape index (κ3) is 5.41. The number of anilines is 1. The molecule has 0 radical (unpaired) electrons. The third-order valence-corrected chi connectivity index (χ3v) is 4.67. The van der Waals surface area contributed by atoms with E-state index in [4.69, 9.17) is 4.74 Å². The average molecular weight is 365 g/mol. The summed E-state index contributed by atoms with van der Waals surface area (Å²) in [5.74, 6) is 0.277. The largest absolute Gasteiger partial charge is 0.376 e. The van der Waals surface area contributed by atoms with Gasteiger partial charge in [0.1, 0.15) is 0 Å². The highest BCUT2D eigenvalue weighted by Gasteiger charge is 2.16. The lowest BCUT2D eigenvalue weighted by Crippen LogP contribution is -2.37. The van der Waals surface area contributed by atoms with Crippen LogP contribution in [-0.4, -0.2) is 31.1 Å². The fourth-order valence-electron chi connectivity index (χ4n) is 3.05. The van der Waals surface area contributed by atoms with Crippen LogP contribution in [0.25, 0.3) is 0 Å². The molecule has 0 aliphatic carbocycles. The van der Waals surface area contributed by atoms with Gasteiger partial charge in [0.15, 0.2) is 0 Å². The van der Waals surface area contributed by atoms with Crippen molar-refractivity contribution in [2.75, 3.05) is 18.5 Å². The molecule has 1 fully saturated rings. The molecule has 5 heteroatoms. The van der Waals surface area contributed by atoms with Crippen molar-refractivity contribution < 1.29 is 9.53 Å². The summed E-state index contributed by atoms with van der Waals surface area (Å²) in [7, 11) is 0. The van der Waals surface area contributed by atoms with Gasteiger partial charge in [-0.2, -0.15) is 0 Å². The van der Waals surface area contributed by atoms with E-state index in [9.17, 15) is 4.79 Å². The van der Waals surface area contributed by atoms with Crippen molar-refractivity contribution in [3.8, 4) is 0 Å². The van der Waals surface area contributed by atoms with Gasteiger partial charge >= 0.3 is 0 Å². The molecule has 0 spiro atoms. The number of carbonyl (C=O) groups excluding carboxylic acids is 1. The summed E-state index contributed by atoms with van der Waals surface area (Å²) < 4.78 is 5.65. The van der Waals surface area contributed by atoms with Gasteiger partial charge in [0.05, 0.1) is 12.6 Å². The van der Waals surface area contributed by atoms with Crippen molar-refractivity contribution >= 4 is 17.6 Å². The topological polar surface area (TPSA) is 62.7 Å². The van der Waals surface area contributed by atoms with Crippen LogP contribution in [0.5, 0.6) is 0 Å². The van der Waals surface area contributed by atoms with Gasteiger partial charge in [-0.3, -0.25) is 10.1 Å². The zero-order chi connectivity index (χ0) is 19.1. The van der Waals surface area contributed by atoms with Crippen LogP contribution in [0.2, 0.25) is 0 Å². The fourth-order valence-corrected chi connectivity index (χ4v) is 3.05. The van der Waals surface area contributed by atoms with Crippen LogP contribution in [0, 0.1) is 6.92 Å². The minimum atomic E-state index is -0.178. The minimum absolute atomic E-state index is 0.125. The van der Waals surface area contributed by atoms with Gasteiger partial charge in [-0.05, 0) is 49.9 Å². The summed E-state index contributed by atoms with van der Waals surface area (Å²) in [6.07, 6.45) is 3.10. The van der Waals surface area contributed by atoms with Crippen LogP contribution in [0.1, 0.15) is 41.3 Å². The lowest BCUT2D eigenvalue weighted by atomic mass is 10.1. The number of amides is 1. The first-order valence-electron chi connectivity index (χ1n) is 9.54. The number of aryl methyl sites for hydroxylation is 2. The van der Waals surface area contributed by atoms with Crippen LogP contribution >= 0.6 is 0 Å².